The number of nitrogens with zero attached hydrogens (tertiary/aromatic N) is 2. The number of nitrogens with one attached hydrogen (secondary N) is 1. The predicted octanol–water partition coefficient (Wildman–Crippen LogP) is 2.31. The first-order valence-electron chi connectivity index (χ1n) is 3.21. The SMILES string of the molecule is O=c1[nH]ncc2c(Br)c(Br)c(Br)n12. The van der Waals surface area contributed by atoms with E-state index in [0.717, 1.165) is 8.95 Å². The van der Waals surface area contributed by atoms with Crippen LogP contribution in [0.1, 0.15) is 0 Å². The summed E-state index contributed by atoms with van der Waals surface area (Å²) in [7, 11) is 0. The summed E-state index contributed by atoms with van der Waals surface area (Å²) in [6.45, 7) is 0. The summed E-state index contributed by atoms with van der Waals surface area (Å²) in [5.74, 6) is 0. The number of aromatic nitrogens is 3. The van der Waals surface area contributed by atoms with E-state index in [-0.39, 0.29) is 5.69 Å². The van der Waals surface area contributed by atoms with Crippen molar-refractivity contribution in [3.05, 3.63) is 30.2 Å². The second kappa shape index (κ2) is 3.21. The van der Waals surface area contributed by atoms with Crippen LogP contribution in [0, 0.1) is 0 Å². The van der Waals surface area contributed by atoms with E-state index in [1.807, 2.05) is 0 Å². The van der Waals surface area contributed by atoms with Crippen molar-refractivity contribution in [2.24, 2.45) is 0 Å². The molecule has 0 saturated heterocycles. The van der Waals surface area contributed by atoms with Crippen LogP contribution in [0.15, 0.2) is 24.5 Å². The zero-order valence-corrected chi connectivity index (χ0v) is 10.8. The summed E-state index contributed by atoms with van der Waals surface area (Å²) >= 11 is 9.97. The van der Waals surface area contributed by atoms with E-state index in [9.17, 15) is 4.79 Å². The maximum absolute atomic E-state index is 11.3. The Labute approximate surface area is 97.7 Å². The van der Waals surface area contributed by atoms with Gasteiger partial charge in [0.15, 0.2) is 0 Å². The van der Waals surface area contributed by atoms with Crippen LogP contribution in [0.4, 0.5) is 0 Å². The molecule has 0 aliphatic carbocycles. The van der Waals surface area contributed by atoms with Gasteiger partial charge in [0.05, 0.1) is 20.7 Å². The van der Waals surface area contributed by atoms with Gasteiger partial charge in [-0.1, -0.05) is 0 Å². The molecule has 0 radical (unpaired) electrons. The molecule has 68 valence electrons. The number of hydrogen-bond donors (Lipinski definition) is 1. The van der Waals surface area contributed by atoms with Crippen molar-refractivity contribution < 1.29 is 0 Å². The van der Waals surface area contributed by atoms with Crippen molar-refractivity contribution in [1.82, 2.24) is 14.6 Å². The number of aromatic amines is 1. The van der Waals surface area contributed by atoms with Crippen LogP contribution in [-0.4, -0.2) is 14.6 Å². The van der Waals surface area contributed by atoms with Crippen LogP contribution in [-0.2, 0) is 0 Å². The lowest BCUT2D eigenvalue weighted by atomic mass is 10.5. The third kappa shape index (κ3) is 1.29. The molecular weight excluding hydrogens is 370 g/mol. The molecule has 0 amide bonds. The zero-order valence-electron chi connectivity index (χ0n) is 6.01. The van der Waals surface area contributed by atoms with Crippen LogP contribution in [0.5, 0.6) is 0 Å². The first-order chi connectivity index (χ1) is 6.13. The normalized spacial score (nSPS) is 11.0. The van der Waals surface area contributed by atoms with Crippen molar-refractivity contribution in [3.8, 4) is 0 Å². The molecule has 0 saturated carbocycles. The van der Waals surface area contributed by atoms with E-state index in [1.54, 1.807) is 6.20 Å². The summed E-state index contributed by atoms with van der Waals surface area (Å²) < 4.78 is 3.74. The van der Waals surface area contributed by atoms with Crippen molar-refractivity contribution in [3.63, 3.8) is 0 Å². The number of rotatable bonds is 0. The van der Waals surface area contributed by atoms with Gasteiger partial charge in [0.1, 0.15) is 4.60 Å². The van der Waals surface area contributed by atoms with E-state index in [4.69, 9.17) is 0 Å². The molecule has 13 heavy (non-hydrogen) atoms. The molecule has 2 aromatic rings. The Morgan fingerprint density at radius 3 is 2.62 bits per heavy atom. The maximum atomic E-state index is 11.3. The van der Waals surface area contributed by atoms with E-state index in [2.05, 4.69) is 58.0 Å². The third-order valence-electron chi connectivity index (χ3n) is 1.59. The van der Waals surface area contributed by atoms with Gasteiger partial charge in [0, 0.05) is 0 Å². The van der Waals surface area contributed by atoms with Crippen molar-refractivity contribution in [2.75, 3.05) is 0 Å². The largest absolute Gasteiger partial charge is 0.347 e. The van der Waals surface area contributed by atoms with Crippen LogP contribution in [0.25, 0.3) is 5.52 Å². The van der Waals surface area contributed by atoms with E-state index < -0.39 is 0 Å². The lowest BCUT2D eigenvalue weighted by Crippen LogP contribution is -2.16. The standard InChI is InChI=1S/C6H2Br3N3O/c7-3-2-1-10-11-6(13)12(2)5(9)4(3)8/h1H,(H,11,13). The first kappa shape index (κ1) is 9.42. The Morgan fingerprint density at radius 2 is 2.00 bits per heavy atom. The van der Waals surface area contributed by atoms with Gasteiger partial charge in [-0.25, -0.2) is 9.89 Å². The lowest BCUT2D eigenvalue weighted by Gasteiger charge is -1.91. The highest BCUT2D eigenvalue weighted by atomic mass is 79.9. The average Bonchev–Trinajstić information content (AvgIpc) is 2.33. The summed E-state index contributed by atoms with van der Waals surface area (Å²) in [5, 5.41) is 6.04. The molecule has 0 spiro atoms. The molecule has 1 N–H and O–H groups in total. The monoisotopic (exact) mass is 369 g/mol. The van der Waals surface area contributed by atoms with Crippen molar-refractivity contribution >= 4 is 53.3 Å². The molecule has 2 aromatic heterocycles. The number of H-pyrrole nitrogens is 1. The highest BCUT2D eigenvalue weighted by Gasteiger charge is 2.13. The zero-order chi connectivity index (χ0) is 9.59. The second-order valence-electron chi connectivity index (χ2n) is 2.31. The Kier molecular flexibility index (Phi) is 2.33. The molecule has 0 atom stereocenters. The quantitative estimate of drug-likeness (QED) is 0.772. The Balaban J connectivity index is 3.12. The molecule has 0 bridgehead atoms. The highest BCUT2D eigenvalue weighted by Crippen LogP contribution is 2.35. The average molecular weight is 372 g/mol. The number of hydrogen-bond acceptors (Lipinski definition) is 2. The molecule has 0 aromatic carbocycles. The molecule has 2 rings (SSSR count). The smallest absolute Gasteiger partial charge is 0.251 e. The van der Waals surface area contributed by atoms with Gasteiger partial charge in [-0.2, -0.15) is 5.10 Å². The minimum absolute atomic E-state index is 0.282. The fourth-order valence-electron chi connectivity index (χ4n) is 1.02. The summed E-state index contributed by atoms with van der Waals surface area (Å²) in [4.78, 5) is 11.3. The van der Waals surface area contributed by atoms with Gasteiger partial charge in [-0.05, 0) is 47.8 Å². The Morgan fingerprint density at radius 1 is 1.31 bits per heavy atom. The van der Waals surface area contributed by atoms with Crippen molar-refractivity contribution in [2.45, 2.75) is 0 Å². The highest BCUT2D eigenvalue weighted by molar-refractivity contribution is 9.14. The first-order valence-corrected chi connectivity index (χ1v) is 5.59. The van der Waals surface area contributed by atoms with E-state index in [0.29, 0.717) is 10.1 Å². The van der Waals surface area contributed by atoms with Crippen molar-refractivity contribution in [1.29, 1.82) is 0 Å². The molecular formula is C6H2Br3N3O. The lowest BCUT2D eigenvalue weighted by molar-refractivity contribution is 0.879. The molecule has 2 heterocycles. The Hall–Kier alpha value is -0.140. The minimum atomic E-state index is -0.282. The van der Waals surface area contributed by atoms with Gasteiger partial charge < -0.3 is 0 Å². The van der Waals surface area contributed by atoms with Crippen LogP contribution < -0.4 is 5.69 Å². The topological polar surface area (TPSA) is 50.2 Å². The fourth-order valence-corrected chi connectivity index (χ4v) is 2.68. The second-order valence-corrected chi connectivity index (χ2v) is 4.65. The molecule has 0 fully saturated rings. The molecule has 7 heteroatoms. The Bertz CT molecular complexity index is 530. The molecule has 0 aliphatic heterocycles. The van der Waals surface area contributed by atoms with E-state index in [1.165, 1.54) is 4.40 Å². The summed E-state index contributed by atoms with van der Waals surface area (Å²) in [5.41, 5.74) is 0.429. The van der Waals surface area contributed by atoms with Gasteiger partial charge in [-0.3, -0.25) is 4.40 Å². The van der Waals surface area contributed by atoms with Crippen LogP contribution >= 0.6 is 47.8 Å². The molecule has 0 aliphatic rings. The van der Waals surface area contributed by atoms with Gasteiger partial charge >= 0.3 is 5.69 Å². The third-order valence-corrected chi connectivity index (χ3v) is 4.98. The van der Waals surface area contributed by atoms with Crippen LogP contribution in [0.3, 0.4) is 0 Å². The minimum Gasteiger partial charge on any atom is -0.251 e. The van der Waals surface area contributed by atoms with Crippen LogP contribution in [0.2, 0.25) is 0 Å². The molecule has 4 nitrogen and oxygen atoms in total. The predicted molar refractivity (Wildman–Crippen MR) is 58.9 cm³/mol. The van der Waals surface area contributed by atoms with E-state index >= 15 is 0 Å². The number of fused-ring (bicyclic) bond motifs is 1. The number of halogens is 3. The fraction of sp³-hybridized carbons (Fsp3) is 0. The maximum Gasteiger partial charge on any atom is 0.347 e. The molecule has 0 unspecified atom stereocenters. The van der Waals surface area contributed by atoms with Gasteiger partial charge in [-0.15, -0.1) is 0 Å². The van der Waals surface area contributed by atoms with Gasteiger partial charge in [0.25, 0.3) is 0 Å². The summed E-state index contributed by atoms with van der Waals surface area (Å²) in [6.07, 6.45) is 1.57. The summed E-state index contributed by atoms with van der Waals surface area (Å²) in [6, 6.07) is 0. The van der Waals surface area contributed by atoms with Gasteiger partial charge in [0.2, 0.25) is 0 Å².